The molecular formula is C18H20F4N4. The standard InChI is InChI=1S/C18H20F4N4/c1-3-5-14-12(10-18(20,21)22)16-6-4-7-17(26(16)24-14)23-15-8-9-25(2)11-13(15)19/h4,6-7,13,15,23H,8-11H2,1-2H3/t13-,15+/m0/s1. The van der Waals surface area contributed by atoms with Gasteiger partial charge in [0, 0.05) is 18.7 Å². The maximum Gasteiger partial charge on any atom is 0.393 e. The third kappa shape index (κ3) is 3.93. The molecule has 3 rings (SSSR count). The van der Waals surface area contributed by atoms with Crippen LogP contribution < -0.4 is 5.32 Å². The van der Waals surface area contributed by atoms with Crippen LogP contribution in [0.3, 0.4) is 0 Å². The van der Waals surface area contributed by atoms with Gasteiger partial charge in [0.05, 0.1) is 18.0 Å². The highest BCUT2D eigenvalue weighted by atomic mass is 19.4. The van der Waals surface area contributed by atoms with Gasteiger partial charge in [-0.15, -0.1) is 0 Å². The number of fused-ring (bicyclic) bond motifs is 1. The Morgan fingerprint density at radius 3 is 2.77 bits per heavy atom. The Hall–Kier alpha value is -2.27. The van der Waals surface area contributed by atoms with Crippen LogP contribution in [-0.2, 0) is 6.42 Å². The van der Waals surface area contributed by atoms with Crippen molar-refractivity contribution >= 4 is 11.3 Å². The normalized spacial score (nSPS) is 21.5. The van der Waals surface area contributed by atoms with Crippen molar-refractivity contribution in [2.24, 2.45) is 0 Å². The summed E-state index contributed by atoms with van der Waals surface area (Å²) in [5.74, 6) is 5.71. The SMILES string of the molecule is CC#Cc1nn2c(N[C@@H]3CCN(C)C[C@@H]3F)cccc2c1CC(F)(F)F. The molecular weight excluding hydrogens is 348 g/mol. The van der Waals surface area contributed by atoms with E-state index in [1.807, 2.05) is 11.9 Å². The summed E-state index contributed by atoms with van der Waals surface area (Å²) in [6, 6.07) is 4.49. The summed E-state index contributed by atoms with van der Waals surface area (Å²) in [4.78, 5) is 1.91. The minimum Gasteiger partial charge on any atom is -0.364 e. The van der Waals surface area contributed by atoms with Crippen molar-refractivity contribution in [1.29, 1.82) is 0 Å². The number of piperidine rings is 1. The van der Waals surface area contributed by atoms with Gasteiger partial charge in [0.2, 0.25) is 0 Å². The van der Waals surface area contributed by atoms with Crippen LogP contribution in [0.25, 0.3) is 5.52 Å². The smallest absolute Gasteiger partial charge is 0.364 e. The molecule has 4 nitrogen and oxygen atoms in total. The predicted octanol–water partition coefficient (Wildman–Crippen LogP) is 3.26. The van der Waals surface area contributed by atoms with Crippen molar-refractivity contribution in [2.75, 3.05) is 25.5 Å². The molecule has 1 aliphatic heterocycles. The fraction of sp³-hybridized carbons (Fsp3) is 0.500. The van der Waals surface area contributed by atoms with Crippen molar-refractivity contribution < 1.29 is 17.6 Å². The molecule has 26 heavy (non-hydrogen) atoms. The van der Waals surface area contributed by atoms with Crippen LogP contribution in [0.2, 0.25) is 0 Å². The summed E-state index contributed by atoms with van der Waals surface area (Å²) >= 11 is 0. The van der Waals surface area contributed by atoms with Gasteiger partial charge in [-0.1, -0.05) is 12.0 Å². The van der Waals surface area contributed by atoms with Gasteiger partial charge in [0.15, 0.2) is 0 Å². The molecule has 0 bridgehead atoms. The highest BCUT2D eigenvalue weighted by molar-refractivity contribution is 5.64. The number of hydrogen-bond donors (Lipinski definition) is 1. The number of likely N-dealkylation sites (tertiary alicyclic amines) is 1. The highest BCUT2D eigenvalue weighted by Gasteiger charge is 2.32. The Balaban J connectivity index is 1.99. The summed E-state index contributed by atoms with van der Waals surface area (Å²) in [5.41, 5.74) is 0.461. The lowest BCUT2D eigenvalue weighted by atomic mass is 10.0. The van der Waals surface area contributed by atoms with E-state index >= 15 is 0 Å². The molecule has 8 heteroatoms. The number of nitrogens with one attached hydrogen (secondary N) is 1. The zero-order chi connectivity index (χ0) is 18.9. The second kappa shape index (κ2) is 7.16. The zero-order valence-electron chi connectivity index (χ0n) is 14.6. The number of halogens is 4. The van der Waals surface area contributed by atoms with Gasteiger partial charge >= 0.3 is 6.18 Å². The second-order valence-corrected chi connectivity index (χ2v) is 6.52. The molecule has 1 aliphatic rings. The van der Waals surface area contributed by atoms with E-state index in [2.05, 4.69) is 22.3 Å². The molecule has 140 valence electrons. The first-order chi connectivity index (χ1) is 12.3. The number of aromatic nitrogens is 2. The maximum absolute atomic E-state index is 14.3. The third-order valence-corrected chi connectivity index (χ3v) is 4.46. The van der Waals surface area contributed by atoms with Gasteiger partial charge in [-0.3, -0.25) is 0 Å². The molecule has 2 atom stereocenters. The van der Waals surface area contributed by atoms with Crippen LogP contribution in [-0.4, -0.2) is 53.0 Å². The summed E-state index contributed by atoms with van der Waals surface area (Å²) in [6.07, 6.45) is -5.94. The van der Waals surface area contributed by atoms with E-state index in [1.54, 1.807) is 25.1 Å². The average Bonchev–Trinajstić information content (AvgIpc) is 2.88. The van der Waals surface area contributed by atoms with E-state index in [9.17, 15) is 17.6 Å². The number of pyridine rings is 1. The molecule has 2 aromatic heterocycles. The van der Waals surface area contributed by atoms with E-state index in [4.69, 9.17) is 0 Å². The first-order valence-electron chi connectivity index (χ1n) is 8.38. The fourth-order valence-electron chi connectivity index (χ4n) is 3.23. The van der Waals surface area contributed by atoms with Crippen molar-refractivity contribution in [1.82, 2.24) is 14.5 Å². The largest absolute Gasteiger partial charge is 0.393 e. The predicted molar refractivity (Wildman–Crippen MR) is 91.9 cm³/mol. The van der Waals surface area contributed by atoms with Crippen LogP contribution in [0.15, 0.2) is 18.2 Å². The molecule has 2 aromatic rings. The van der Waals surface area contributed by atoms with Crippen LogP contribution in [0.4, 0.5) is 23.4 Å². The minimum atomic E-state index is -4.37. The van der Waals surface area contributed by atoms with E-state index in [0.29, 0.717) is 24.3 Å². The molecule has 1 N–H and O–H groups in total. The summed E-state index contributed by atoms with van der Waals surface area (Å²) in [6.45, 7) is 2.62. The average molecular weight is 368 g/mol. The molecule has 0 aliphatic carbocycles. The third-order valence-electron chi connectivity index (χ3n) is 4.46. The van der Waals surface area contributed by atoms with Crippen molar-refractivity contribution in [3.8, 4) is 11.8 Å². The van der Waals surface area contributed by atoms with Crippen LogP contribution >= 0.6 is 0 Å². The van der Waals surface area contributed by atoms with Crippen molar-refractivity contribution in [3.05, 3.63) is 29.5 Å². The second-order valence-electron chi connectivity index (χ2n) is 6.52. The fourth-order valence-corrected chi connectivity index (χ4v) is 3.23. The zero-order valence-corrected chi connectivity index (χ0v) is 14.6. The van der Waals surface area contributed by atoms with Gasteiger partial charge < -0.3 is 10.2 Å². The highest BCUT2D eigenvalue weighted by Crippen LogP contribution is 2.28. The van der Waals surface area contributed by atoms with Crippen LogP contribution in [0, 0.1) is 11.8 Å². The molecule has 0 amide bonds. The topological polar surface area (TPSA) is 32.6 Å². The number of anilines is 1. The van der Waals surface area contributed by atoms with Crippen molar-refractivity contribution in [3.63, 3.8) is 0 Å². The maximum atomic E-state index is 14.3. The Morgan fingerprint density at radius 1 is 1.35 bits per heavy atom. The van der Waals surface area contributed by atoms with Crippen LogP contribution in [0.1, 0.15) is 24.6 Å². The monoisotopic (exact) mass is 368 g/mol. The Morgan fingerprint density at radius 2 is 2.12 bits per heavy atom. The first kappa shape index (κ1) is 18.5. The van der Waals surface area contributed by atoms with Gasteiger partial charge in [-0.25, -0.2) is 8.91 Å². The molecule has 1 fully saturated rings. The number of alkyl halides is 4. The molecule has 1 saturated heterocycles. The summed E-state index contributed by atoms with van der Waals surface area (Å²) in [7, 11) is 1.86. The quantitative estimate of drug-likeness (QED) is 0.667. The number of nitrogens with zero attached hydrogens (tertiary/aromatic N) is 3. The molecule has 0 radical (unpaired) electrons. The lowest BCUT2D eigenvalue weighted by Gasteiger charge is -2.33. The van der Waals surface area contributed by atoms with Crippen molar-refractivity contribution in [2.45, 2.75) is 38.2 Å². The summed E-state index contributed by atoms with van der Waals surface area (Å²) < 4.78 is 54.6. The van der Waals surface area contributed by atoms with E-state index in [-0.39, 0.29) is 11.3 Å². The van der Waals surface area contributed by atoms with Gasteiger partial charge in [-0.05, 0) is 38.4 Å². The lowest BCUT2D eigenvalue weighted by molar-refractivity contribution is -0.127. The van der Waals surface area contributed by atoms with Gasteiger partial charge in [-0.2, -0.15) is 18.3 Å². The lowest BCUT2D eigenvalue weighted by Crippen LogP contribution is -2.46. The van der Waals surface area contributed by atoms with Crippen LogP contribution in [0.5, 0.6) is 0 Å². The Labute approximate surface area is 149 Å². The summed E-state index contributed by atoms with van der Waals surface area (Å²) in [5, 5.41) is 7.35. The Bertz CT molecular complexity index is 846. The van der Waals surface area contributed by atoms with E-state index in [0.717, 1.165) is 6.54 Å². The molecule has 0 unspecified atom stereocenters. The number of hydrogen-bond acceptors (Lipinski definition) is 3. The first-order valence-corrected chi connectivity index (χ1v) is 8.38. The molecule has 3 heterocycles. The van der Waals surface area contributed by atoms with Gasteiger partial charge in [0.1, 0.15) is 17.7 Å². The van der Waals surface area contributed by atoms with E-state index < -0.39 is 24.8 Å². The van der Waals surface area contributed by atoms with E-state index in [1.165, 1.54) is 4.52 Å². The Kier molecular flexibility index (Phi) is 5.10. The van der Waals surface area contributed by atoms with Gasteiger partial charge in [0.25, 0.3) is 0 Å². The minimum absolute atomic E-state index is 0.0377. The number of rotatable bonds is 3. The molecule has 0 aromatic carbocycles. The molecule has 0 saturated carbocycles. The molecule has 0 spiro atoms.